The Bertz CT molecular complexity index is 558. The smallest absolute Gasteiger partial charge is 0.295 e. The molecule has 5 nitrogen and oxygen atoms in total. The van der Waals surface area contributed by atoms with Crippen LogP contribution in [0.1, 0.15) is 12.0 Å². The summed E-state index contributed by atoms with van der Waals surface area (Å²) in [7, 11) is -4.68. The second kappa shape index (κ2) is 4.06. The van der Waals surface area contributed by atoms with Crippen molar-refractivity contribution in [3.63, 3.8) is 0 Å². The molecule has 1 fully saturated rings. The second-order valence-electron chi connectivity index (χ2n) is 4.00. The molecule has 1 aliphatic rings. The summed E-state index contributed by atoms with van der Waals surface area (Å²) in [4.78, 5) is 16.8. The minimum Gasteiger partial charge on any atom is -0.295 e. The quantitative estimate of drug-likeness (QED) is 0.736. The van der Waals surface area contributed by atoms with E-state index in [4.69, 9.17) is 0 Å². The molecular weight excluding hydrogens is 247 g/mol. The maximum absolute atomic E-state index is 12.8. The molecule has 0 saturated carbocycles. The molecule has 0 spiro atoms. The van der Waals surface area contributed by atoms with Crippen LogP contribution in [0, 0.1) is 6.92 Å². The lowest BCUT2D eigenvalue weighted by Crippen LogP contribution is -2.27. The highest BCUT2D eigenvalue weighted by Crippen LogP contribution is 2.24. The summed E-state index contributed by atoms with van der Waals surface area (Å²) < 4.78 is 34.3. The van der Waals surface area contributed by atoms with E-state index in [0.29, 0.717) is 5.82 Å². The number of amides is 1. The van der Waals surface area contributed by atoms with Gasteiger partial charge in [-0.2, -0.15) is 8.42 Å². The molecule has 0 aromatic carbocycles. The van der Waals surface area contributed by atoms with Crippen LogP contribution in [0.5, 0.6) is 0 Å². The number of carbonyl (C=O) groups is 1. The molecule has 1 aromatic rings. The Morgan fingerprint density at radius 3 is 2.76 bits per heavy atom. The van der Waals surface area contributed by atoms with E-state index >= 15 is 0 Å². The zero-order chi connectivity index (χ0) is 12.6. The normalized spacial score (nSPS) is 20.9. The van der Waals surface area contributed by atoms with Gasteiger partial charge in [0.25, 0.3) is 0 Å². The van der Waals surface area contributed by atoms with Crippen LogP contribution in [0.15, 0.2) is 18.3 Å². The van der Waals surface area contributed by atoms with Crippen molar-refractivity contribution < 1.29 is 17.1 Å². The number of aryl methyl sites for hydroxylation is 1. The van der Waals surface area contributed by atoms with Gasteiger partial charge in [0.15, 0.2) is 0 Å². The first kappa shape index (κ1) is 12.0. The molecular formula is C10H11FN2O3S. The van der Waals surface area contributed by atoms with Gasteiger partial charge in [-0.25, -0.2) is 4.98 Å². The first-order valence-electron chi connectivity index (χ1n) is 5.04. The molecule has 1 amide bonds. The predicted octanol–water partition coefficient (Wildman–Crippen LogP) is 0.795. The number of rotatable bonds is 2. The third-order valence-electron chi connectivity index (χ3n) is 2.67. The number of hydrogen-bond donors (Lipinski definition) is 0. The van der Waals surface area contributed by atoms with Crippen LogP contribution in [0.25, 0.3) is 0 Å². The van der Waals surface area contributed by atoms with E-state index in [-0.39, 0.29) is 13.0 Å². The number of pyridine rings is 1. The Morgan fingerprint density at radius 2 is 2.24 bits per heavy atom. The molecule has 1 atom stereocenters. The van der Waals surface area contributed by atoms with Crippen LogP contribution < -0.4 is 4.90 Å². The van der Waals surface area contributed by atoms with Gasteiger partial charge >= 0.3 is 10.2 Å². The highest BCUT2D eigenvalue weighted by molar-refractivity contribution is 7.87. The lowest BCUT2D eigenvalue weighted by molar-refractivity contribution is -0.117. The van der Waals surface area contributed by atoms with Crippen LogP contribution in [-0.2, 0) is 15.0 Å². The van der Waals surface area contributed by atoms with E-state index in [1.807, 2.05) is 6.92 Å². The molecule has 17 heavy (non-hydrogen) atoms. The molecule has 0 bridgehead atoms. The van der Waals surface area contributed by atoms with Crippen LogP contribution in [-0.4, -0.2) is 31.1 Å². The number of nitrogens with zero attached hydrogens (tertiary/aromatic N) is 2. The Hall–Kier alpha value is -1.50. The zero-order valence-corrected chi connectivity index (χ0v) is 9.95. The fourth-order valence-corrected chi connectivity index (χ4v) is 2.42. The molecule has 7 heteroatoms. The van der Waals surface area contributed by atoms with Crippen LogP contribution in [0.4, 0.5) is 9.70 Å². The maximum Gasteiger partial charge on any atom is 0.307 e. The van der Waals surface area contributed by atoms with Crippen molar-refractivity contribution in [2.45, 2.75) is 18.6 Å². The summed E-state index contributed by atoms with van der Waals surface area (Å²) in [5.74, 6) is -0.0597. The van der Waals surface area contributed by atoms with Crippen molar-refractivity contribution in [3.05, 3.63) is 23.9 Å². The number of halogens is 1. The summed E-state index contributed by atoms with van der Waals surface area (Å²) in [5.41, 5.74) is 0.898. The van der Waals surface area contributed by atoms with Gasteiger partial charge < -0.3 is 0 Å². The lowest BCUT2D eigenvalue weighted by atomic mass is 10.3. The van der Waals surface area contributed by atoms with Crippen LogP contribution in [0.3, 0.4) is 0 Å². The molecule has 0 radical (unpaired) electrons. The van der Waals surface area contributed by atoms with Crippen LogP contribution in [0.2, 0.25) is 0 Å². The van der Waals surface area contributed by atoms with Crippen LogP contribution >= 0.6 is 0 Å². The fraction of sp³-hybridized carbons (Fsp3) is 0.400. The average Bonchev–Trinajstić information content (AvgIpc) is 2.60. The van der Waals surface area contributed by atoms with Gasteiger partial charge in [0.1, 0.15) is 11.1 Å². The molecule has 0 aliphatic carbocycles. The van der Waals surface area contributed by atoms with Crippen molar-refractivity contribution >= 4 is 21.9 Å². The predicted molar refractivity (Wildman–Crippen MR) is 59.8 cm³/mol. The third-order valence-corrected chi connectivity index (χ3v) is 3.78. The Balaban J connectivity index is 2.28. The zero-order valence-electron chi connectivity index (χ0n) is 9.13. The number of hydrogen-bond acceptors (Lipinski definition) is 4. The van der Waals surface area contributed by atoms with E-state index in [0.717, 1.165) is 5.56 Å². The van der Waals surface area contributed by atoms with Crippen molar-refractivity contribution in [2.24, 2.45) is 0 Å². The SMILES string of the molecule is Cc1ccnc(N2CC(S(=O)(=O)F)CC2=O)c1. The van der Waals surface area contributed by atoms with Gasteiger partial charge in [-0.05, 0) is 24.6 Å². The molecule has 0 N–H and O–H groups in total. The summed E-state index contributed by atoms with van der Waals surface area (Å²) in [6.45, 7) is 1.66. The summed E-state index contributed by atoms with van der Waals surface area (Å²) in [5, 5.41) is -1.28. The summed E-state index contributed by atoms with van der Waals surface area (Å²) >= 11 is 0. The van der Waals surface area contributed by atoms with Gasteiger partial charge in [0.05, 0.1) is 0 Å². The number of carbonyl (C=O) groups excluding carboxylic acids is 1. The van der Waals surface area contributed by atoms with Gasteiger partial charge in [-0.1, -0.05) is 0 Å². The largest absolute Gasteiger partial charge is 0.307 e. The Labute approximate surface area is 98.5 Å². The first-order chi connectivity index (χ1) is 7.88. The Kier molecular flexibility index (Phi) is 2.86. The minimum atomic E-state index is -4.68. The van der Waals surface area contributed by atoms with Crippen molar-refractivity contribution in [2.75, 3.05) is 11.4 Å². The monoisotopic (exact) mass is 258 g/mol. The third kappa shape index (κ3) is 2.44. The average molecular weight is 258 g/mol. The van der Waals surface area contributed by atoms with E-state index in [9.17, 15) is 17.1 Å². The van der Waals surface area contributed by atoms with E-state index < -0.39 is 21.4 Å². The molecule has 2 rings (SSSR count). The van der Waals surface area contributed by atoms with Crippen molar-refractivity contribution in [1.82, 2.24) is 4.98 Å². The minimum absolute atomic E-state index is 0.173. The fourth-order valence-electron chi connectivity index (χ4n) is 1.75. The molecule has 1 saturated heterocycles. The summed E-state index contributed by atoms with van der Waals surface area (Å²) in [6, 6.07) is 3.42. The lowest BCUT2D eigenvalue weighted by Gasteiger charge is -2.14. The molecule has 1 unspecified atom stereocenters. The van der Waals surface area contributed by atoms with Gasteiger partial charge in [-0.15, -0.1) is 3.89 Å². The van der Waals surface area contributed by atoms with E-state index in [1.165, 1.54) is 11.1 Å². The molecule has 92 valence electrons. The number of aromatic nitrogens is 1. The standard InChI is InChI=1S/C10H11FN2O3S/c1-7-2-3-12-9(4-7)13-6-8(5-10(13)14)17(11,15)16/h2-4,8H,5-6H2,1H3. The van der Waals surface area contributed by atoms with E-state index in [1.54, 1.807) is 12.1 Å². The summed E-state index contributed by atoms with van der Waals surface area (Å²) in [6.07, 6.45) is 1.20. The van der Waals surface area contributed by atoms with Gasteiger partial charge in [0, 0.05) is 19.2 Å². The van der Waals surface area contributed by atoms with Crippen molar-refractivity contribution in [3.8, 4) is 0 Å². The highest BCUT2D eigenvalue weighted by atomic mass is 32.3. The Morgan fingerprint density at radius 1 is 1.53 bits per heavy atom. The maximum atomic E-state index is 12.8. The van der Waals surface area contributed by atoms with Gasteiger partial charge in [-0.3, -0.25) is 9.69 Å². The topological polar surface area (TPSA) is 67.3 Å². The van der Waals surface area contributed by atoms with E-state index in [2.05, 4.69) is 4.98 Å². The molecule has 2 heterocycles. The van der Waals surface area contributed by atoms with Crippen molar-refractivity contribution in [1.29, 1.82) is 0 Å². The molecule has 1 aliphatic heterocycles. The first-order valence-corrected chi connectivity index (χ1v) is 6.49. The second-order valence-corrected chi connectivity index (χ2v) is 5.62. The van der Waals surface area contributed by atoms with Gasteiger partial charge in [0.2, 0.25) is 5.91 Å². The highest BCUT2D eigenvalue weighted by Gasteiger charge is 2.39. The number of anilines is 1. The molecule has 1 aromatic heterocycles.